The van der Waals surface area contributed by atoms with Gasteiger partial charge in [0.25, 0.3) is 0 Å². The van der Waals surface area contributed by atoms with Crippen molar-refractivity contribution in [2.75, 3.05) is 6.54 Å². The molecular weight excluding hydrogens is 229 g/mol. The van der Waals surface area contributed by atoms with Crippen molar-refractivity contribution in [2.45, 2.75) is 38.8 Å². The van der Waals surface area contributed by atoms with E-state index in [1.165, 1.54) is 12.1 Å². The molecule has 3 rings (SSSR count). The first-order valence-electron chi connectivity index (χ1n) is 6.59. The maximum atomic E-state index is 13.3. The molecule has 1 aliphatic rings. The Morgan fingerprint density at radius 3 is 3.00 bits per heavy atom. The molecule has 2 unspecified atom stereocenters. The smallest absolute Gasteiger partial charge is 0.125 e. The lowest BCUT2D eigenvalue weighted by atomic mass is 10.0. The van der Waals surface area contributed by atoms with Crippen LogP contribution in [0.25, 0.3) is 11.0 Å². The van der Waals surface area contributed by atoms with E-state index in [9.17, 15) is 4.39 Å². The molecule has 1 fully saturated rings. The fourth-order valence-corrected chi connectivity index (χ4v) is 2.95. The molecule has 1 N–H and O–H groups in total. The summed E-state index contributed by atoms with van der Waals surface area (Å²) in [4.78, 5) is 4.66. The van der Waals surface area contributed by atoms with Crippen LogP contribution in [0.15, 0.2) is 18.2 Å². The molecule has 1 aromatic heterocycles. The van der Waals surface area contributed by atoms with Crippen molar-refractivity contribution < 1.29 is 4.39 Å². The molecule has 1 aliphatic heterocycles. The Kier molecular flexibility index (Phi) is 2.82. The molecule has 3 nitrogen and oxygen atoms in total. The second kappa shape index (κ2) is 4.35. The molecule has 0 spiro atoms. The largest absolute Gasteiger partial charge is 0.328 e. The van der Waals surface area contributed by atoms with Crippen LogP contribution in [-0.4, -0.2) is 22.1 Å². The molecule has 1 saturated heterocycles. The van der Waals surface area contributed by atoms with Gasteiger partial charge in [-0.15, -0.1) is 0 Å². The van der Waals surface area contributed by atoms with E-state index in [4.69, 9.17) is 0 Å². The number of hydrogen-bond acceptors (Lipinski definition) is 2. The van der Waals surface area contributed by atoms with E-state index in [0.717, 1.165) is 36.4 Å². The van der Waals surface area contributed by atoms with Crippen LogP contribution in [0, 0.1) is 5.82 Å². The monoisotopic (exact) mass is 247 g/mol. The van der Waals surface area contributed by atoms with E-state index in [2.05, 4.69) is 28.7 Å². The molecule has 2 aromatic rings. The van der Waals surface area contributed by atoms with Crippen molar-refractivity contribution in [3.8, 4) is 0 Å². The Labute approximate surface area is 106 Å². The van der Waals surface area contributed by atoms with E-state index in [1.54, 1.807) is 0 Å². The van der Waals surface area contributed by atoms with Gasteiger partial charge in [-0.3, -0.25) is 0 Å². The third kappa shape index (κ3) is 1.72. The number of halogens is 1. The minimum absolute atomic E-state index is 0.215. The summed E-state index contributed by atoms with van der Waals surface area (Å²) >= 11 is 0. The van der Waals surface area contributed by atoms with Crippen LogP contribution >= 0.6 is 0 Å². The van der Waals surface area contributed by atoms with Gasteiger partial charge in [-0.2, -0.15) is 0 Å². The van der Waals surface area contributed by atoms with Crippen molar-refractivity contribution in [2.24, 2.45) is 0 Å². The summed E-state index contributed by atoms with van der Waals surface area (Å²) in [5.74, 6) is 1.31. The standard InChI is InChI=1S/C14H18FN3/c1-3-18-13-5-4-10(15)8-12(13)17-14(18)11-6-7-16-9(11)2/h4-5,8-9,11,16H,3,6-7H2,1-2H3. The highest BCUT2D eigenvalue weighted by Gasteiger charge is 2.29. The summed E-state index contributed by atoms with van der Waals surface area (Å²) in [7, 11) is 0. The van der Waals surface area contributed by atoms with Crippen LogP contribution in [0.2, 0.25) is 0 Å². The molecule has 4 heteroatoms. The lowest BCUT2D eigenvalue weighted by Gasteiger charge is -2.16. The molecule has 0 bridgehead atoms. The molecule has 0 saturated carbocycles. The molecule has 18 heavy (non-hydrogen) atoms. The number of aryl methyl sites for hydroxylation is 1. The van der Waals surface area contributed by atoms with Crippen LogP contribution in [0.5, 0.6) is 0 Å². The van der Waals surface area contributed by atoms with Crippen LogP contribution < -0.4 is 5.32 Å². The molecule has 96 valence electrons. The SMILES string of the molecule is CCn1c(C2CCNC2C)nc2cc(F)ccc21. The van der Waals surface area contributed by atoms with Crippen LogP contribution in [0.4, 0.5) is 4.39 Å². The second-order valence-electron chi connectivity index (χ2n) is 4.99. The lowest BCUT2D eigenvalue weighted by molar-refractivity contribution is 0.542. The highest BCUT2D eigenvalue weighted by molar-refractivity contribution is 5.76. The Morgan fingerprint density at radius 1 is 1.50 bits per heavy atom. The van der Waals surface area contributed by atoms with E-state index in [1.807, 2.05) is 6.07 Å². The van der Waals surface area contributed by atoms with Gasteiger partial charge in [0, 0.05) is 24.6 Å². The van der Waals surface area contributed by atoms with Crippen molar-refractivity contribution in [1.29, 1.82) is 0 Å². The first kappa shape index (κ1) is 11.7. The fourth-order valence-electron chi connectivity index (χ4n) is 2.95. The van der Waals surface area contributed by atoms with Gasteiger partial charge in [0.1, 0.15) is 11.6 Å². The zero-order valence-corrected chi connectivity index (χ0v) is 10.8. The average Bonchev–Trinajstić information content (AvgIpc) is 2.91. The minimum Gasteiger partial charge on any atom is -0.328 e. The molecule has 0 amide bonds. The number of benzene rings is 1. The number of fused-ring (bicyclic) bond motifs is 1. The zero-order chi connectivity index (χ0) is 12.7. The van der Waals surface area contributed by atoms with Crippen LogP contribution in [0.1, 0.15) is 32.0 Å². The average molecular weight is 247 g/mol. The van der Waals surface area contributed by atoms with Crippen molar-refractivity contribution in [3.05, 3.63) is 29.8 Å². The molecule has 1 aromatic carbocycles. The topological polar surface area (TPSA) is 29.9 Å². The summed E-state index contributed by atoms with van der Waals surface area (Å²) in [5, 5.41) is 3.45. The van der Waals surface area contributed by atoms with E-state index in [-0.39, 0.29) is 5.82 Å². The number of rotatable bonds is 2. The molecular formula is C14H18FN3. The third-order valence-electron chi connectivity index (χ3n) is 3.91. The van der Waals surface area contributed by atoms with Gasteiger partial charge in [-0.05, 0) is 38.9 Å². The maximum absolute atomic E-state index is 13.3. The van der Waals surface area contributed by atoms with Crippen LogP contribution in [0.3, 0.4) is 0 Å². The van der Waals surface area contributed by atoms with Crippen molar-refractivity contribution >= 4 is 11.0 Å². The lowest BCUT2D eigenvalue weighted by Crippen LogP contribution is -2.23. The highest BCUT2D eigenvalue weighted by Crippen LogP contribution is 2.30. The van der Waals surface area contributed by atoms with Gasteiger partial charge in [-0.25, -0.2) is 9.37 Å². The van der Waals surface area contributed by atoms with Crippen molar-refractivity contribution in [3.63, 3.8) is 0 Å². The quantitative estimate of drug-likeness (QED) is 0.884. The van der Waals surface area contributed by atoms with Gasteiger partial charge >= 0.3 is 0 Å². The summed E-state index contributed by atoms with van der Waals surface area (Å²) in [6.07, 6.45) is 1.10. The number of hydrogen-bond donors (Lipinski definition) is 1. The number of nitrogens with one attached hydrogen (secondary N) is 1. The fraction of sp³-hybridized carbons (Fsp3) is 0.500. The minimum atomic E-state index is -0.215. The van der Waals surface area contributed by atoms with Gasteiger partial charge < -0.3 is 9.88 Å². The number of aromatic nitrogens is 2. The second-order valence-corrected chi connectivity index (χ2v) is 4.99. The summed E-state index contributed by atoms with van der Waals surface area (Å²) < 4.78 is 15.5. The molecule has 0 aliphatic carbocycles. The Bertz CT molecular complexity index is 576. The predicted molar refractivity (Wildman–Crippen MR) is 70.2 cm³/mol. The Balaban J connectivity index is 2.16. The van der Waals surface area contributed by atoms with Gasteiger partial charge in [0.15, 0.2) is 0 Å². The van der Waals surface area contributed by atoms with Crippen LogP contribution in [-0.2, 0) is 6.54 Å². The first-order valence-corrected chi connectivity index (χ1v) is 6.59. The van der Waals surface area contributed by atoms with E-state index >= 15 is 0 Å². The summed E-state index contributed by atoms with van der Waals surface area (Å²) in [6.45, 7) is 6.21. The van der Waals surface area contributed by atoms with Gasteiger partial charge in [-0.1, -0.05) is 0 Å². The normalized spacial score (nSPS) is 23.9. The predicted octanol–water partition coefficient (Wildman–Crippen LogP) is 2.66. The summed E-state index contributed by atoms with van der Waals surface area (Å²) in [5.41, 5.74) is 1.80. The highest BCUT2D eigenvalue weighted by atomic mass is 19.1. The van der Waals surface area contributed by atoms with Gasteiger partial charge in [0.05, 0.1) is 11.0 Å². The first-order chi connectivity index (χ1) is 8.70. The molecule has 2 heterocycles. The third-order valence-corrected chi connectivity index (χ3v) is 3.91. The van der Waals surface area contributed by atoms with Gasteiger partial charge in [0.2, 0.25) is 0 Å². The Morgan fingerprint density at radius 2 is 2.33 bits per heavy atom. The van der Waals surface area contributed by atoms with E-state index < -0.39 is 0 Å². The van der Waals surface area contributed by atoms with Crippen molar-refractivity contribution in [1.82, 2.24) is 14.9 Å². The number of imidazole rings is 1. The number of nitrogens with zero attached hydrogens (tertiary/aromatic N) is 2. The molecule has 2 atom stereocenters. The Hall–Kier alpha value is -1.42. The van der Waals surface area contributed by atoms with E-state index in [0.29, 0.717) is 12.0 Å². The summed E-state index contributed by atoms with van der Waals surface area (Å²) in [6, 6.07) is 5.31. The molecule has 0 radical (unpaired) electrons. The zero-order valence-electron chi connectivity index (χ0n) is 10.8. The maximum Gasteiger partial charge on any atom is 0.125 e.